The summed E-state index contributed by atoms with van der Waals surface area (Å²) in [7, 11) is 5.52. The average molecular weight is 805 g/mol. The summed E-state index contributed by atoms with van der Waals surface area (Å²) in [6.45, 7) is 4.66. The van der Waals surface area contributed by atoms with Gasteiger partial charge in [-0.1, -0.05) is 166 Å². The van der Waals surface area contributed by atoms with Crippen LogP contribution in [0.15, 0.2) is 36.5 Å². The van der Waals surface area contributed by atoms with Gasteiger partial charge >= 0.3 is 17.9 Å². The molecule has 0 aromatic rings. The third-order valence-electron chi connectivity index (χ3n) is 10.5. The van der Waals surface area contributed by atoms with Gasteiger partial charge in [-0.15, -0.1) is 0 Å². The molecule has 0 amide bonds. The van der Waals surface area contributed by atoms with Gasteiger partial charge < -0.3 is 23.8 Å². The number of allylic oxidation sites excluding steroid dienone is 6. The van der Waals surface area contributed by atoms with E-state index in [9.17, 15) is 19.5 Å². The summed E-state index contributed by atoms with van der Waals surface area (Å²) in [6.07, 6.45) is 46.3. The number of carboxylic acids is 1. The lowest BCUT2D eigenvalue weighted by Gasteiger charge is -2.31. The van der Waals surface area contributed by atoms with Crippen molar-refractivity contribution >= 4 is 17.9 Å². The quantitative estimate of drug-likeness (QED) is 0.0216. The lowest BCUT2D eigenvalue weighted by molar-refractivity contribution is -0.887. The first-order chi connectivity index (χ1) is 27.6. The van der Waals surface area contributed by atoms with Gasteiger partial charge in [0.1, 0.15) is 6.61 Å². The predicted molar refractivity (Wildman–Crippen MR) is 238 cm³/mol. The number of ether oxygens (including phenoxy) is 3. The smallest absolute Gasteiger partial charge is 0.362 e. The maximum absolute atomic E-state index is 12.7. The summed E-state index contributed by atoms with van der Waals surface area (Å²) in [5.41, 5.74) is 0. The van der Waals surface area contributed by atoms with Crippen molar-refractivity contribution in [2.45, 2.75) is 219 Å². The van der Waals surface area contributed by atoms with E-state index >= 15 is 0 Å². The molecule has 0 rings (SSSR count). The third-order valence-corrected chi connectivity index (χ3v) is 10.5. The number of quaternary nitrogens is 1. The highest BCUT2D eigenvalue weighted by Gasteiger charge is 2.31. The van der Waals surface area contributed by atoms with E-state index in [1.165, 1.54) is 122 Å². The van der Waals surface area contributed by atoms with Crippen molar-refractivity contribution in [3.8, 4) is 0 Å². The fraction of sp³-hybridized carbons (Fsp3) is 0.816. The minimum absolute atomic E-state index is 0.0519. The molecular formula is C49H90NO7+. The van der Waals surface area contributed by atoms with Gasteiger partial charge in [-0.3, -0.25) is 9.59 Å². The fourth-order valence-electron chi connectivity index (χ4n) is 6.83. The molecule has 0 aliphatic heterocycles. The molecule has 0 spiro atoms. The highest BCUT2D eigenvalue weighted by atomic mass is 16.6. The predicted octanol–water partition coefficient (Wildman–Crippen LogP) is 13.0. The van der Waals surface area contributed by atoms with Crippen molar-refractivity contribution in [3.63, 3.8) is 0 Å². The number of carbonyl (C=O) groups is 3. The number of esters is 2. The van der Waals surface area contributed by atoms with Gasteiger partial charge in [0.2, 0.25) is 0 Å². The number of unbranched alkanes of at least 4 members (excludes halogenated alkanes) is 23. The molecular weight excluding hydrogens is 715 g/mol. The molecule has 332 valence electrons. The molecule has 0 aromatic carbocycles. The van der Waals surface area contributed by atoms with Crippen LogP contribution in [0.25, 0.3) is 0 Å². The molecule has 0 radical (unpaired) electrons. The van der Waals surface area contributed by atoms with Crippen LogP contribution in [0.1, 0.15) is 206 Å². The fourth-order valence-corrected chi connectivity index (χ4v) is 6.83. The topological polar surface area (TPSA) is 99.1 Å². The summed E-state index contributed by atoms with van der Waals surface area (Å²) in [5.74, 6) is -1.50. The molecule has 8 heteroatoms. The van der Waals surface area contributed by atoms with Crippen molar-refractivity contribution < 1.29 is 38.2 Å². The molecule has 2 atom stereocenters. The van der Waals surface area contributed by atoms with Crippen molar-refractivity contribution in [3.05, 3.63) is 36.5 Å². The molecule has 0 saturated carbocycles. The summed E-state index contributed by atoms with van der Waals surface area (Å²) in [5, 5.41) is 9.62. The zero-order valence-corrected chi connectivity index (χ0v) is 37.8. The number of hydrogen-bond acceptors (Lipinski definition) is 6. The molecule has 0 fully saturated rings. The lowest BCUT2D eigenvalue weighted by Crippen LogP contribution is -2.50. The van der Waals surface area contributed by atoms with Crippen molar-refractivity contribution in [2.75, 3.05) is 41.0 Å². The Kier molecular flexibility index (Phi) is 38.6. The summed E-state index contributed by atoms with van der Waals surface area (Å²) in [4.78, 5) is 36.9. The van der Waals surface area contributed by atoms with E-state index in [-0.39, 0.29) is 36.2 Å². The molecule has 0 aromatic heterocycles. The third kappa shape index (κ3) is 38.8. The Morgan fingerprint density at radius 3 is 1.44 bits per heavy atom. The van der Waals surface area contributed by atoms with Crippen LogP contribution >= 0.6 is 0 Å². The Morgan fingerprint density at radius 1 is 0.526 bits per heavy atom. The van der Waals surface area contributed by atoms with Gasteiger partial charge in [-0.05, 0) is 57.8 Å². The Hall–Kier alpha value is -2.45. The standard InChI is InChI=1S/C49H89NO7/c1-6-8-10-12-14-16-18-19-20-21-22-23-24-25-26-27-28-30-32-34-36-38-40-48(52)57-45(43-55-42-41-46(49(53)54)50(3,4)5)44-56-47(51)39-37-35-33-31-29-17-15-13-11-9-7-2/h13,15,17,24-25,29,45-46H,6-12,14,16,18-23,26-28,30-44H2,1-5H3/p+1/b15-13+,25-24+,29-17+. The van der Waals surface area contributed by atoms with E-state index in [0.717, 1.165) is 51.4 Å². The summed E-state index contributed by atoms with van der Waals surface area (Å²) < 4.78 is 17.2. The van der Waals surface area contributed by atoms with Gasteiger partial charge in [-0.25, -0.2) is 4.79 Å². The van der Waals surface area contributed by atoms with Gasteiger partial charge in [0.05, 0.1) is 34.4 Å². The largest absolute Gasteiger partial charge is 0.477 e. The van der Waals surface area contributed by atoms with Gasteiger partial charge in [0, 0.05) is 19.3 Å². The monoisotopic (exact) mass is 805 g/mol. The second kappa shape index (κ2) is 40.3. The maximum atomic E-state index is 12.7. The van der Waals surface area contributed by atoms with E-state index in [0.29, 0.717) is 19.3 Å². The second-order valence-corrected chi connectivity index (χ2v) is 17.0. The van der Waals surface area contributed by atoms with Gasteiger partial charge in [-0.2, -0.15) is 0 Å². The zero-order valence-electron chi connectivity index (χ0n) is 37.8. The molecule has 57 heavy (non-hydrogen) atoms. The number of likely N-dealkylation sites (N-methyl/N-ethyl adjacent to an activating group) is 1. The SMILES string of the molecule is CCCC/C=C/C=C/CCCCCC(=O)OCC(COCCC(C(=O)O)[N+](C)(C)C)OC(=O)CCCCCCCCC/C=C/CCCCCCCCCCCCC. The molecule has 0 heterocycles. The number of hydrogen-bond donors (Lipinski definition) is 1. The molecule has 0 bridgehead atoms. The molecule has 1 N–H and O–H groups in total. The van der Waals surface area contributed by atoms with Crippen molar-refractivity contribution in [2.24, 2.45) is 0 Å². The van der Waals surface area contributed by atoms with Crippen LogP contribution < -0.4 is 0 Å². The van der Waals surface area contributed by atoms with E-state index < -0.39 is 18.1 Å². The lowest BCUT2D eigenvalue weighted by atomic mass is 10.0. The second-order valence-electron chi connectivity index (χ2n) is 17.0. The average Bonchev–Trinajstić information content (AvgIpc) is 3.17. The van der Waals surface area contributed by atoms with E-state index in [1.54, 1.807) is 0 Å². The minimum atomic E-state index is -0.879. The summed E-state index contributed by atoms with van der Waals surface area (Å²) in [6, 6.07) is -0.618. The number of nitrogens with zero attached hydrogens (tertiary/aromatic N) is 1. The van der Waals surface area contributed by atoms with E-state index in [4.69, 9.17) is 14.2 Å². The Balaban J connectivity index is 4.25. The first-order valence-electron chi connectivity index (χ1n) is 23.5. The molecule has 2 unspecified atom stereocenters. The minimum Gasteiger partial charge on any atom is -0.477 e. The Labute approximate surface area is 351 Å². The summed E-state index contributed by atoms with van der Waals surface area (Å²) >= 11 is 0. The zero-order chi connectivity index (χ0) is 42.1. The number of carboxylic acid groups (broad SMARTS) is 1. The van der Waals surface area contributed by atoms with E-state index in [2.05, 4.69) is 50.3 Å². The van der Waals surface area contributed by atoms with Gasteiger partial charge in [0.25, 0.3) is 0 Å². The Bertz CT molecular complexity index is 1030. The first kappa shape index (κ1) is 54.6. The highest BCUT2D eigenvalue weighted by Crippen LogP contribution is 2.15. The highest BCUT2D eigenvalue weighted by molar-refractivity contribution is 5.72. The normalized spacial score (nSPS) is 13.2. The van der Waals surface area contributed by atoms with Crippen molar-refractivity contribution in [1.82, 2.24) is 0 Å². The maximum Gasteiger partial charge on any atom is 0.362 e. The number of aliphatic carboxylic acids is 1. The van der Waals surface area contributed by atoms with E-state index in [1.807, 2.05) is 21.1 Å². The van der Waals surface area contributed by atoms with Crippen LogP contribution in [0.2, 0.25) is 0 Å². The molecule has 8 nitrogen and oxygen atoms in total. The van der Waals surface area contributed by atoms with Crippen LogP contribution in [0, 0.1) is 0 Å². The number of carbonyl (C=O) groups excluding carboxylic acids is 2. The number of rotatable bonds is 42. The van der Waals surface area contributed by atoms with Crippen LogP contribution in [-0.2, 0) is 28.6 Å². The molecule has 0 aliphatic carbocycles. The molecule has 0 aliphatic rings. The van der Waals surface area contributed by atoms with Crippen LogP contribution in [0.3, 0.4) is 0 Å². The van der Waals surface area contributed by atoms with Crippen LogP contribution in [-0.4, -0.2) is 80.6 Å². The van der Waals surface area contributed by atoms with Crippen molar-refractivity contribution in [1.29, 1.82) is 0 Å². The van der Waals surface area contributed by atoms with Crippen LogP contribution in [0.5, 0.6) is 0 Å². The first-order valence-corrected chi connectivity index (χ1v) is 23.5. The Morgan fingerprint density at radius 2 is 0.947 bits per heavy atom. The van der Waals surface area contributed by atoms with Crippen LogP contribution in [0.4, 0.5) is 0 Å². The van der Waals surface area contributed by atoms with Gasteiger partial charge in [0.15, 0.2) is 12.1 Å². The molecule has 0 saturated heterocycles.